The van der Waals surface area contributed by atoms with E-state index in [0.29, 0.717) is 5.56 Å². The first-order valence-corrected chi connectivity index (χ1v) is 5.66. The molecule has 0 aromatic heterocycles. The fourth-order valence-electron chi connectivity index (χ4n) is 1.15. The zero-order valence-corrected chi connectivity index (χ0v) is 8.25. The lowest BCUT2D eigenvalue weighted by Gasteiger charge is -2.00. The van der Waals surface area contributed by atoms with Gasteiger partial charge >= 0.3 is 0 Å². The standard InChI is InChI=1S/C9H10NO3S/c10-14(12,13)7-9-3-1-2-8(6-9)4-5-11/h1-3,6H,4,7H2,(H2,10,12,13). The van der Waals surface area contributed by atoms with Crippen molar-refractivity contribution in [2.45, 2.75) is 12.2 Å². The molecule has 2 N–H and O–H groups in total. The van der Waals surface area contributed by atoms with Gasteiger partial charge in [0, 0.05) is 6.42 Å². The largest absolute Gasteiger partial charge is 0.291 e. The second-order valence-electron chi connectivity index (χ2n) is 2.95. The Morgan fingerprint density at radius 1 is 1.29 bits per heavy atom. The Bertz CT molecular complexity index is 425. The molecule has 0 amide bonds. The minimum Gasteiger partial charge on any atom is -0.291 e. The summed E-state index contributed by atoms with van der Waals surface area (Å²) in [6, 6.07) is 6.71. The summed E-state index contributed by atoms with van der Waals surface area (Å²) in [5.41, 5.74) is 1.32. The quantitative estimate of drug-likeness (QED) is 0.770. The van der Waals surface area contributed by atoms with Crippen molar-refractivity contribution in [1.82, 2.24) is 0 Å². The molecule has 5 heteroatoms. The van der Waals surface area contributed by atoms with E-state index >= 15 is 0 Å². The highest BCUT2D eigenvalue weighted by Gasteiger charge is 2.05. The van der Waals surface area contributed by atoms with Gasteiger partial charge < -0.3 is 0 Å². The van der Waals surface area contributed by atoms with Crippen molar-refractivity contribution < 1.29 is 13.2 Å². The number of nitrogens with two attached hydrogens (primary N) is 1. The Morgan fingerprint density at radius 2 is 1.93 bits per heavy atom. The van der Waals surface area contributed by atoms with Gasteiger partial charge in [0.05, 0.1) is 5.75 Å². The monoisotopic (exact) mass is 212 g/mol. The predicted molar refractivity (Wildman–Crippen MR) is 52.7 cm³/mol. The van der Waals surface area contributed by atoms with Gasteiger partial charge in [-0.05, 0) is 11.1 Å². The number of primary sulfonamides is 1. The summed E-state index contributed by atoms with van der Waals surface area (Å²) in [7, 11) is -3.51. The molecule has 0 aliphatic carbocycles. The van der Waals surface area contributed by atoms with Crippen LogP contribution in [0, 0.1) is 0 Å². The van der Waals surface area contributed by atoms with Crippen molar-refractivity contribution in [3.63, 3.8) is 0 Å². The third kappa shape index (κ3) is 3.68. The lowest BCUT2D eigenvalue weighted by molar-refractivity contribution is 0.555. The molecule has 1 radical (unpaired) electrons. The summed E-state index contributed by atoms with van der Waals surface area (Å²) in [5, 5.41) is 4.89. The van der Waals surface area contributed by atoms with Gasteiger partial charge in [-0.1, -0.05) is 24.3 Å². The molecule has 1 rings (SSSR count). The van der Waals surface area contributed by atoms with Gasteiger partial charge in [-0.25, -0.2) is 13.6 Å². The van der Waals surface area contributed by atoms with E-state index < -0.39 is 10.0 Å². The summed E-state index contributed by atoms with van der Waals surface area (Å²) < 4.78 is 21.5. The maximum Gasteiger partial charge on any atom is 0.213 e. The lowest BCUT2D eigenvalue weighted by Crippen LogP contribution is -2.14. The molecule has 1 aromatic carbocycles. The number of sulfonamides is 1. The maximum absolute atomic E-state index is 10.8. The van der Waals surface area contributed by atoms with E-state index in [2.05, 4.69) is 0 Å². The van der Waals surface area contributed by atoms with E-state index in [9.17, 15) is 13.2 Å². The zero-order chi connectivity index (χ0) is 10.6. The first-order chi connectivity index (χ1) is 6.51. The van der Waals surface area contributed by atoms with Crippen LogP contribution in [0.1, 0.15) is 11.1 Å². The highest BCUT2D eigenvalue weighted by Crippen LogP contribution is 2.07. The molecule has 0 fully saturated rings. The molecule has 0 aliphatic rings. The Kier molecular flexibility index (Phi) is 3.38. The van der Waals surface area contributed by atoms with Gasteiger partial charge in [-0.15, -0.1) is 0 Å². The Labute approximate surface area is 82.8 Å². The topological polar surface area (TPSA) is 77.2 Å². The molecule has 0 saturated heterocycles. The number of carbonyl (C=O) groups excluding carboxylic acids is 1. The molecule has 0 spiro atoms. The van der Waals surface area contributed by atoms with Gasteiger partial charge in [0.1, 0.15) is 0 Å². The van der Waals surface area contributed by atoms with E-state index in [0.717, 1.165) is 5.56 Å². The van der Waals surface area contributed by atoms with Crippen LogP contribution in [0.15, 0.2) is 24.3 Å². The van der Waals surface area contributed by atoms with Crippen LogP contribution in [0.3, 0.4) is 0 Å². The molecule has 0 unspecified atom stereocenters. The van der Waals surface area contributed by atoms with Crippen molar-refractivity contribution in [3.8, 4) is 0 Å². The van der Waals surface area contributed by atoms with Crippen LogP contribution in [0.25, 0.3) is 0 Å². The first-order valence-electron chi connectivity index (χ1n) is 3.94. The molecule has 0 saturated carbocycles. The normalized spacial score (nSPS) is 11.2. The van der Waals surface area contributed by atoms with E-state index in [4.69, 9.17) is 5.14 Å². The number of hydrogen-bond donors (Lipinski definition) is 1. The SMILES string of the molecule is NS(=O)(=O)Cc1cccc(C[C]=O)c1. The highest BCUT2D eigenvalue weighted by molar-refractivity contribution is 7.88. The van der Waals surface area contributed by atoms with E-state index in [1.54, 1.807) is 30.6 Å². The third-order valence-electron chi connectivity index (χ3n) is 1.64. The highest BCUT2D eigenvalue weighted by atomic mass is 32.2. The molecule has 0 aliphatic heterocycles. The summed E-state index contributed by atoms with van der Waals surface area (Å²) in [5.74, 6) is -0.209. The van der Waals surface area contributed by atoms with Crippen molar-refractivity contribution >= 4 is 16.3 Å². The van der Waals surface area contributed by atoms with Crippen LogP contribution in [-0.2, 0) is 27.0 Å². The second kappa shape index (κ2) is 4.34. The smallest absolute Gasteiger partial charge is 0.213 e. The van der Waals surface area contributed by atoms with Gasteiger partial charge in [0.25, 0.3) is 0 Å². The molecule has 1 aromatic rings. The Morgan fingerprint density at radius 3 is 2.50 bits per heavy atom. The molecule has 0 bridgehead atoms. The summed E-state index contributed by atoms with van der Waals surface area (Å²) in [4.78, 5) is 10.1. The van der Waals surface area contributed by atoms with Crippen LogP contribution in [0.4, 0.5) is 0 Å². The fraction of sp³-hybridized carbons (Fsp3) is 0.222. The summed E-state index contributed by atoms with van der Waals surface area (Å²) >= 11 is 0. The molecular weight excluding hydrogens is 202 g/mol. The number of rotatable bonds is 4. The van der Waals surface area contributed by atoms with Crippen molar-refractivity contribution in [2.24, 2.45) is 5.14 Å². The maximum atomic E-state index is 10.8. The fourth-order valence-corrected chi connectivity index (χ4v) is 1.79. The van der Waals surface area contributed by atoms with Gasteiger partial charge in [-0.2, -0.15) is 0 Å². The number of benzene rings is 1. The van der Waals surface area contributed by atoms with Crippen LogP contribution < -0.4 is 5.14 Å². The minimum atomic E-state index is -3.51. The molecule has 14 heavy (non-hydrogen) atoms. The molecule has 0 atom stereocenters. The van der Waals surface area contributed by atoms with Crippen LogP contribution in [0.2, 0.25) is 0 Å². The van der Waals surface area contributed by atoms with Gasteiger partial charge in [-0.3, -0.25) is 4.79 Å². The summed E-state index contributed by atoms with van der Waals surface area (Å²) in [6.45, 7) is 0. The number of hydrogen-bond acceptors (Lipinski definition) is 3. The van der Waals surface area contributed by atoms with Gasteiger partial charge in [0.15, 0.2) is 0 Å². The van der Waals surface area contributed by atoms with Crippen molar-refractivity contribution in [3.05, 3.63) is 35.4 Å². The van der Waals surface area contributed by atoms with E-state index in [1.807, 2.05) is 0 Å². The van der Waals surface area contributed by atoms with E-state index in [-0.39, 0.29) is 12.2 Å². The average molecular weight is 212 g/mol. The summed E-state index contributed by atoms with van der Waals surface area (Å²) in [6.07, 6.45) is 1.91. The predicted octanol–water partition coefficient (Wildman–Crippen LogP) is 0.127. The molecule has 4 nitrogen and oxygen atoms in total. The van der Waals surface area contributed by atoms with Crippen LogP contribution in [-0.4, -0.2) is 14.7 Å². The first kappa shape index (κ1) is 10.9. The average Bonchev–Trinajstić information content (AvgIpc) is 2.02. The molecular formula is C9H10NO3S. The Balaban J connectivity index is 2.88. The van der Waals surface area contributed by atoms with Gasteiger partial charge in [0.2, 0.25) is 16.3 Å². The second-order valence-corrected chi connectivity index (χ2v) is 4.56. The zero-order valence-electron chi connectivity index (χ0n) is 7.43. The lowest BCUT2D eigenvalue weighted by atomic mass is 10.1. The van der Waals surface area contributed by atoms with E-state index in [1.165, 1.54) is 0 Å². The van der Waals surface area contributed by atoms with Crippen LogP contribution >= 0.6 is 0 Å². The van der Waals surface area contributed by atoms with Crippen molar-refractivity contribution in [2.75, 3.05) is 0 Å². The Hall–Kier alpha value is -1.20. The molecule has 75 valence electrons. The van der Waals surface area contributed by atoms with Crippen molar-refractivity contribution in [1.29, 1.82) is 0 Å². The minimum absolute atomic E-state index is 0.165. The third-order valence-corrected chi connectivity index (χ3v) is 2.37. The molecule has 0 heterocycles. The van der Waals surface area contributed by atoms with Crippen LogP contribution in [0.5, 0.6) is 0 Å².